The fourth-order valence-electron chi connectivity index (χ4n) is 1.81. The third-order valence-electron chi connectivity index (χ3n) is 2.77. The average molecular weight is 311 g/mol. The number of rotatable bonds is 7. The molecule has 7 heteroatoms. The summed E-state index contributed by atoms with van der Waals surface area (Å²) in [6, 6.07) is 7.31. The molecule has 0 atom stereocenters. The fraction of sp³-hybridized carbons (Fsp3) is 0.308. The molecule has 0 aliphatic carbocycles. The molecular formula is C13H17N3O2S2. The largest absolute Gasteiger partial charge is 0.326 e. The number of aromatic nitrogens is 1. The highest BCUT2D eigenvalue weighted by atomic mass is 32.2. The molecule has 0 unspecified atom stereocenters. The Labute approximate surface area is 122 Å². The van der Waals surface area contributed by atoms with Gasteiger partial charge in [0.25, 0.3) is 0 Å². The summed E-state index contributed by atoms with van der Waals surface area (Å²) in [4.78, 5) is 4.11. The Kier molecular flexibility index (Phi) is 5.24. The molecule has 0 spiro atoms. The van der Waals surface area contributed by atoms with Crippen molar-refractivity contribution in [2.45, 2.75) is 18.7 Å². The molecular weight excluding hydrogens is 294 g/mol. The molecule has 1 aromatic carbocycles. The van der Waals surface area contributed by atoms with Gasteiger partial charge in [-0.2, -0.15) is 0 Å². The SMILES string of the molecule is NCc1cccc(CS(=O)(=O)NCCc2cscn2)c1. The highest BCUT2D eigenvalue weighted by molar-refractivity contribution is 7.88. The van der Waals surface area contributed by atoms with Crippen molar-refractivity contribution in [3.63, 3.8) is 0 Å². The van der Waals surface area contributed by atoms with E-state index in [1.54, 1.807) is 11.6 Å². The lowest BCUT2D eigenvalue weighted by molar-refractivity contribution is 0.580. The van der Waals surface area contributed by atoms with Crippen LogP contribution < -0.4 is 10.5 Å². The standard InChI is InChI=1S/C13H17N3O2S2/c14-7-11-2-1-3-12(6-11)9-20(17,18)16-5-4-13-8-19-10-15-13/h1-3,6,8,10,16H,4-5,7,9,14H2. The molecule has 3 N–H and O–H groups in total. The van der Waals surface area contributed by atoms with Crippen LogP contribution in [0.5, 0.6) is 0 Å². The van der Waals surface area contributed by atoms with E-state index in [2.05, 4.69) is 9.71 Å². The Morgan fingerprint density at radius 1 is 1.30 bits per heavy atom. The minimum absolute atomic E-state index is 0.0299. The van der Waals surface area contributed by atoms with Gasteiger partial charge >= 0.3 is 0 Å². The monoisotopic (exact) mass is 311 g/mol. The van der Waals surface area contributed by atoms with Gasteiger partial charge in [0.15, 0.2) is 0 Å². The molecule has 0 amide bonds. The zero-order valence-corrected chi connectivity index (χ0v) is 12.6. The number of nitrogens with zero attached hydrogens (tertiary/aromatic N) is 1. The van der Waals surface area contributed by atoms with Crippen molar-refractivity contribution >= 4 is 21.4 Å². The minimum atomic E-state index is -3.33. The second-order valence-electron chi connectivity index (χ2n) is 4.41. The molecule has 2 aromatic rings. The first-order chi connectivity index (χ1) is 9.59. The number of sulfonamides is 1. The normalized spacial score (nSPS) is 11.7. The van der Waals surface area contributed by atoms with Crippen LogP contribution in [0.25, 0.3) is 0 Å². The van der Waals surface area contributed by atoms with Crippen LogP contribution in [0.4, 0.5) is 0 Å². The topological polar surface area (TPSA) is 85.1 Å². The van der Waals surface area contributed by atoms with Gasteiger partial charge in [0.1, 0.15) is 0 Å². The number of nitrogens with one attached hydrogen (secondary N) is 1. The summed E-state index contributed by atoms with van der Waals surface area (Å²) in [6.45, 7) is 0.772. The van der Waals surface area contributed by atoms with Crippen LogP contribution >= 0.6 is 11.3 Å². The van der Waals surface area contributed by atoms with E-state index < -0.39 is 10.0 Å². The quantitative estimate of drug-likeness (QED) is 0.806. The maximum Gasteiger partial charge on any atom is 0.215 e. The van der Waals surface area contributed by atoms with Gasteiger partial charge in [0, 0.05) is 24.9 Å². The van der Waals surface area contributed by atoms with Gasteiger partial charge in [-0.3, -0.25) is 0 Å². The van der Waals surface area contributed by atoms with E-state index in [4.69, 9.17) is 5.73 Å². The molecule has 20 heavy (non-hydrogen) atoms. The van der Waals surface area contributed by atoms with Crippen molar-refractivity contribution in [3.8, 4) is 0 Å². The summed E-state index contributed by atoms with van der Waals surface area (Å²) in [7, 11) is -3.33. The van der Waals surface area contributed by atoms with Gasteiger partial charge in [0.2, 0.25) is 10.0 Å². The van der Waals surface area contributed by atoms with E-state index in [-0.39, 0.29) is 5.75 Å². The first kappa shape index (κ1) is 15.1. The molecule has 108 valence electrons. The zero-order chi connectivity index (χ0) is 14.4. The number of benzene rings is 1. The molecule has 0 saturated heterocycles. The highest BCUT2D eigenvalue weighted by Gasteiger charge is 2.11. The van der Waals surface area contributed by atoms with E-state index in [9.17, 15) is 8.42 Å². The zero-order valence-electron chi connectivity index (χ0n) is 11.0. The summed E-state index contributed by atoms with van der Waals surface area (Å²) in [6.07, 6.45) is 0.603. The second kappa shape index (κ2) is 6.94. The van der Waals surface area contributed by atoms with Crippen molar-refractivity contribution in [3.05, 3.63) is 52.0 Å². The Morgan fingerprint density at radius 2 is 2.10 bits per heavy atom. The van der Waals surface area contributed by atoms with Gasteiger partial charge < -0.3 is 5.73 Å². The molecule has 5 nitrogen and oxygen atoms in total. The van der Waals surface area contributed by atoms with Gasteiger partial charge in [-0.1, -0.05) is 24.3 Å². The summed E-state index contributed by atoms with van der Waals surface area (Å²) in [5, 5.41) is 1.92. The molecule has 0 saturated carbocycles. The molecule has 0 aliphatic rings. The van der Waals surface area contributed by atoms with Crippen LogP contribution in [0.15, 0.2) is 35.2 Å². The first-order valence-corrected chi connectivity index (χ1v) is 8.81. The van der Waals surface area contributed by atoms with E-state index in [0.29, 0.717) is 19.5 Å². The average Bonchev–Trinajstić information content (AvgIpc) is 2.91. The molecule has 0 aliphatic heterocycles. The lowest BCUT2D eigenvalue weighted by atomic mass is 10.1. The lowest BCUT2D eigenvalue weighted by Crippen LogP contribution is -2.27. The fourth-order valence-corrected chi connectivity index (χ4v) is 3.54. The third-order valence-corrected chi connectivity index (χ3v) is 4.76. The summed E-state index contributed by atoms with van der Waals surface area (Å²) < 4.78 is 26.5. The van der Waals surface area contributed by atoms with Crippen LogP contribution in [-0.4, -0.2) is 19.9 Å². The number of nitrogens with two attached hydrogens (primary N) is 1. The molecule has 0 fully saturated rings. The molecule has 1 aromatic heterocycles. The summed E-state index contributed by atoms with van der Waals surface area (Å²) in [5.74, 6) is -0.0299. The van der Waals surface area contributed by atoms with Crippen molar-refractivity contribution in [1.82, 2.24) is 9.71 Å². The Bertz CT molecular complexity index is 639. The van der Waals surface area contributed by atoms with Crippen LogP contribution in [-0.2, 0) is 28.7 Å². The second-order valence-corrected chi connectivity index (χ2v) is 6.93. The number of thiazole rings is 1. The minimum Gasteiger partial charge on any atom is -0.326 e. The maximum absolute atomic E-state index is 12.0. The number of hydrogen-bond donors (Lipinski definition) is 2. The van der Waals surface area contributed by atoms with Gasteiger partial charge in [-0.15, -0.1) is 11.3 Å². The van der Waals surface area contributed by atoms with Crippen LogP contribution in [0.3, 0.4) is 0 Å². The van der Waals surface area contributed by atoms with Crippen molar-refractivity contribution in [2.75, 3.05) is 6.54 Å². The maximum atomic E-state index is 12.0. The molecule has 2 rings (SSSR count). The van der Waals surface area contributed by atoms with Crippen LogP contribution in [0.2, 0.25) is 0 Å². The van der Waals surface area contributed by atoms with E-state index in [0.717, 1.165) is 16.8 Å². The smallest absolute Gasteiger partial charge is 0.215 e. The highest BCUT2D eigenvalue weighted by Crippen LogP contribution is 2.08. The Morgan fingerprint density at radius 3 is 2.80 bits per heavy atom. The number of hydrogen-bond acceptors (Lipinski definition) is 5. The first-order valence-electron chi connectivity index (χ1n) is 6.21. The van der Waals surface area contributed by atoms with Crippen molar-refractivity contribution in [1.29, 1.82) is 0 Å². The van der Waals surface area contributed by atoms with Gasteiger partial charge in [-0.25, -0.2) is 18.1 Å². The predicted octanol–water partition coefficient (Wildman–Crippen LogP) is 1.26. The van der Waals surface area contributed by atoms with Gasteiger partial charge in [-0.05, 0) is 11.1 Å². The van der Waals surface area contributed by atoms with Gasteiger partial charge in [0.05, 0.1) is 17.0 Å². The molecule has 0 radical (unpaired) electrons. The summed E-state index contributed by atoms with van der Waals surface area (Å²) >= 11 is 1.50. The third kappa shape index (κ3) is 4.68. The van der Waals surface area contributed by atoms with Crippen LogP contribution in [0, 0.1) is 0 Å². The van der Waals surface area contributed by atoms with Crippen molar-refractivity contribution < 1.29 is 8.42 Å². The summed E-state index contributed by atoms with van der Waals surface area (Å²) in [5.41, 5.74) is 9.86. The predicted molar refractivity (Wildman–Crippen MR) is 80.8 cm³/mol. The van der Waals surface area contributed by atoms with Crippen LogP contribution in [0.1, 0.15) is 16.8 Å². The van der Waals surface area contributed by atoms with E-state index in [1.807, 2.05) is 23.6 Å². The Hall–Kier alpha value is -1.28. The lowest BCUT2D eigenvalue weighted by Gasteiger charge is -2.07. The Balaban J connectivity index is 1.89. The van der Waals surface area contributed by atoms with Crippen molar-refractivity contribution in [2.24, 2.45) is 5.73 Å². The molecule has 0 bridgehead atoms. The van der Waals surface area contributed by atoms with E-state index >= 15 is 0 Å². The molecule has 1 heterocycles. The van der Waals surface area contributed by atoms with E-state index in [1.165, 1.54) is 11.3 Å².